The van der Waals surface area contributed by atoms with Gasteiger partial charge in [0.05, 0.1) is 11.1 Å². The first-order chi connectivity index (χ1) is 18.9. The lowest BCUT2D eigenvalue weighted by Gasteiger charge is -2.48. The number of carbonyl (C=O) groups excluding carboxylic acids is 3. The predicted molar refractivity (Wildman–Crippen MR) is 157 cm³/mol. The molecule has 196 valence electrons. The van der Waals surface area contributed by atoms with Crippen LogP contribution < -0.4 is 10.6 Å². The van der Waals surface area contributed by atoms with Crippen molar-refractivity contribution < 1.29 is 14.4 Å². The largest absolute Gasteiger partial charge is 0.322 e. The van der Waals surface area contributed by atoms with Crippen LogP contribution in [0.1, 0.15) is 53.1 Å². The van der Waals surface area contributed by atoms with E-state index in [1.54, 1.807) is 23.9 Å². The minimum Gasteiger partial charge on any atom is -0.322 e. The minimum atomic E-state index is -0.690. The number of fused-ring (bicyclic) bond motifs is 2. The zero-order valence-electron chi connectivity index (χ0n) is 21.6. The molecule has 2 N–H and O–H groups in total. The van der Waals surface area contributed by atoms with Crippen LogP contribution in [0, 0.1) is 5.41 Å². The third-order valence-electron chi connectivity index (χ3n) is 7.93. The molecule has 2 amide bonds. The summed E-state index contributed by atoms with van der Waals surface area (Å²) in [7, 11) is 0. The molecule has 0 aliphatic heterocycles. The van der Waals surface area contributed by atoms with Crippen LogP contribution in [0.15, 0.2) is 83.1 Å². The van der Waals surface area contributed by atoms with Gasteiger partial charge in [0.25, 0.3) is 5.91 Å². The van der Waals surface area contributed by atoms with E-state index >= 15 is 0 Å². The van der Waals surface area contributed by atoms with E-state index in [-0.39, 0.29) is 29.4 Å². The van der Waals surface area contributed by atoms with Crippen LogP contribution in [-0.2, 0) is 9.59 Å². The number of aromatic nitrogens is 1. The first-order valence-corrected chi connectivity index (χ1v) is 14.9. The van der Waals surface area contributed by atoms with Gasteiger partial charge in [0, 0.05) is 45.3 Å². The number of nitrogens with one attached hydrogen (secondary N) is 2. The minimum absolute atomic E-state index is 0.110. The molecule has 0 radical (unpaired) electrons. The normalized spacial score (nSPS) is 21.3. The maximum atomic E-state index is 13.6. The summed E-state index contributed by atoms with van der Waals surface area (Å²) in [6.07, 6.45) is 2.90. The highest BCUT2D eigenvalue weighted by molar-refractivity contribution is 7.98. The fourth-order valence-corrected chi connectivity index (χ4v) is 6.98. The standard InChI is InChI=1S/C31H27N3O3S2/c1-31(16-24-22-11-3-4-12-23(22)25(31)15-27(24)35)29(37)34-30-33-26(17-39-30)18-7-5-8-19(13-18)28(36)32-20-9-6-10-21(14-20)38-2/h3-14,17,24-25H,15-16H2,1-2H3,(H,32,36)(H,33,34,37). The highest BCUT2D eigenvalue weighted by atomic mass is 32.2. The number of hydrogen-bond donors (Lipinski definition) is 2. The molecule has 0 spiro atoms. The molecule has 7 rings (SSSR count). The smallest absolute Gasteiger partial charge is 0.255 e. The number of carbonyl (C=O) groups is 3. The molecule has 3 unspecified atom stereocenters. The third-order valence-corrected chi connectivity index (χ3v) is 9.41. The summed E-state index contributed by atoms with van der Waals surface area (Å²) in [6.45, 7) is 1.97. The van der Waals surface area contributed by atoms with E-state index in [0.717, 1.165) is 27.3 Å². The Balaban J connectivity index is 1.18. The summed E-state index contributed by atoms with van der Waals surface area (Å²) in [4.78, 5) is 44.9. The van der Waals surface area contributed by atoms with Gasteiger partial charge < -0.3 is 10.6 Å². The summed E-state index contributed by atoms with van der Waals surface area (Å²) in [5.41, 5.74) is 4.23. The van der Waals surface area contributed by atoms with Crippen LogP contribution in [0.3, 0.4) is 0 Å². The monoisotopic (exact) mass is 553 g/mol. The van der Waals surface area contributed by atoms with Crippen molar-refractivity contribution in [1.82, 2.24) is 4.98 Å². The van der Waals surface area contributed by atoms with Crippen LogP contribution in [0.25, 0.3) is 11.3 Å². The van der Waals surface area contributed by atoms with Crippen molar-refractivity contribution in [1.29, 1.82) is 0 Å². The van der Waals surface area contributed by atoms with Gasteiger partial charge in [0.1, 0.15) is 5.78 Å². The predicted octanol–water partition coefficient (Wildman–Crippen LogP) is 6.97. The van der Waals surface area contributed by atoms with Gasteiger partial charge >= 0.3 is 0 Å². The van der Waals surface area contributed by atoms with Crippen LogP contribution in [0.4, 0.5) is 10.8 Å². The quantitative estimate of drug-likeness (QED) is 0.252. The van der Waals surface area contributed by atoms with Gasteiger partial charge in [-0.1, -0.05) is 49.4 Å². The lowest BCUT2D eigenvalue weighted by molar-refractivity contribution is -0.134. The molecular formula is C31H27N3O3S2. The molecule has 2 bridgehead atoms. The van der Waals surface area contributed by atoms with E-state index in [9.17, 15) is 14.4 Å². The topological polar surface area (TPSA) is 88.2 Å². The average Bonchev–Trinajstić information content (AvgIpc) is 3.43. The first-order valence-electron chi connectivity index (χ1n) is 12.8. The Morgan fingerprint density at radius 3 is 2.62 bits per heavy atom. The Labute approximate surface area is 235 Å². The number of amides is 2. The number of rotatable bonds is 6. The SMILES string of the molecule is CSc1cccc(NC(=O)c2cccc(-c3csc(NC(=O)C4(C)CC5C(=O)CC4c4ccccc45)n3)c2)c1. The van der Waals surface area contributed by atoms with Crippen molar-refractivity contribution >= 4 is 51.5 Å². The van der Waals surface area contributed by atoms with Crippen LogP contribution in [-0.4, -0.2) is 28.8 Å². The second-order valence-corrected chi connectivity index (χ2v) is 12.0. The van der Waals surface area contributed by atoms with E-state index < -0.39 is 5.41 Å². The fraction of sp³-hybridized carbons (Fsp3) is 0.226. The zero-order valence-corrected chi connectivity index (χ0v) is 23.2. The summed E-state index contributed by atoms with van der Waals surface area (Å²) < 4.78 is 0. The lowest BCUT2D eigenvalue weighted by atomic mass is 9.54. The molecule has 4 aromatic rings. The van der Waals surface area contributed by atoms with E-state index in [0.29, 0.717) is 29.2 Å². The second-order valence-electron chi connectivity index (χ2n) is 10.3. The van der Waals surface area contributed by atoms with Gasteiger partial charge in [0.15, 0.2) is 5.13 Å². The molecule has 6 nitrogen and oxygen atoms in total. The average molecular weight is 554 g/mol. The van der Waals surface area contributed by atoms with Crippen molar-refractivity contribution in [2.45, 2.75) is 36.5 Å². The molecular weight excluding hydrogens is 526 g/mol. The van der Waals surface area contributed by atoms with Gasteiger partial charge in [-0.05, 0) is 54.1 Å². The number of hydrogen-bond acceptors (Lipinski definition) is 6. The first kappa shape index (κ1) is 25.5. The van der Waals surface area contributed by atoms with Crippen molar-refractivity contribution in [3.63, 3.8) is 0 Å². The molecule has 1 saturated carbocycles. The summed E-state index contributed by atoms with van der Waals surface area (Å²) in [5.74, 6) is -0.459. The number of benzene rings is 3. The van der Waals surface area contributed by atoms with E-state index in [1.807, 2.05) is 79.2 Å². The molecule has 0 saturated heterocycles. The maximum Gasteiger partial charge on any atom is 0.255 e. The molecule has 1 fully saturated rings. The molecule has 3 aliphatic rings. The van der Waals surface area contributed by atoms with Crippen LogP contribution >= 0.6 is 23.1 Å². The Bertz CT molecular complexity index is 1610. The van der Waals surface area contributed by atoms with Gasteiger partial charge in [-0.25, -0.2) is 4.98 Å². The maximum absolute atomic E-state index is 13.6. The molecule has 39 heavy (non-hydrogen) atoms. The van der Waals surface area contributed by atoms with E-state index in [1.165, 1.54) is 11.3 Å². The Morgan fingerprint density at radius 1 is 1.00 bits per heavy atom. The fourth-order valence-electron chi connectivity index (χ4n) is 5.81. The lowest BCUT2D eigenvalue weighted by Crippen LogP contribution is -2.49. The van der Waals surface area contributed by atoms with Crippen molar-refractivity contribution in [3.8, 4) is 11.3 Å². The molecule has 3 aliphatic carbocycles. The summed E-state index contributed by atoms with van der Waals surface area (Å²) in [5, 5.41) is 8.36. The summed E-state index contributed by atoms with van der Waals surface area (Å²) >= 11 is 2.97. The highest BCUT2D eigenvalue weighted by Gasteiger charge is 2.54. The number of ketones is 1. The van der Waals surface area contributed by atoms with Crippen LogP contribution in [0.5, 0.6) is 0 Å². The Hall–Kier alpha value is -3.75. The second kappa shape index (κ2) is 10.1. The van der Waals surface area contributed by atoms with Crippen molar-refractivity contribution in [2.75, 3.05) is 16.9 Å². The van der Waals surface area contributed by atoms with Gasteiger partial charge in [-0.15, -0.1) is 23.1 Å². The summed E-state index contributed by atoms with van der Waals surface area (Å²) in [6, 6.07) is 23.0. The van der Waals surface area contributed by atoms with Gasteiger partial charge in [0.2, 0.25) is 5.91 Å². The number of thioether (sulfide) groups is 1. The van der Waals surface area contributed by atoms with E-state index in [4.69, 9.17) is 0 Å². The number of anilines is 2. The van der Waals surface area contributed by atoms with Gasteiger partial charge in [-0.3, -0.25) is 14.4 Å². The van der Waals surface area contributed by atoms with Crippen molar-refractivity contribution in [3.05, 3.63) is 94.9 Å². The number of nitrogens with zero attached hydrogens (tertiary/aromatic N) is 1. The number of Topliss-reactive ketones (excluding diaryl/α,β-unsaturated/α-hetero) is 1. The highest BCUT2D eigenvalue weighted by Crippen LogP contribution is 2.57. The van der Waals surface area contributed by atoms with Crippen LogP contribution in [0.2, 0.25) is 0 Å². The van der Waals surface area contributed by atoms with Crippen molar-refractivity contribution in [2.24, 2.45) is 5.41 Å². The molecule has 3 atom stereocenters. The molecule has 1 heterocycles. The van der Waals surface area contributed by atoms with E-state index in [2.05, 4.69) is 15.6 Å². The Morgan fingerprint density at radius 2 is 1.79 bits per heavy atom. The van der Waals surface area contributed by atoms with Gasteiger partial charge in [-0.2, -0.15) is 0 Å². The molecule has 1 aromatic heterocycles. The third kappa shape index (κ3) is 4.68. The molecule has 3 aromatic carbocycles. The Kier molecular flexibility index (Phi) is 6.61. The molecule has 8 heteroatoms. The zero-order chi connectivity index (χ0) is 27.1. The number of thiazole rings is 1.